The number of alkyl halides is 1. The third-order valence-corrected chi connectivity index (χ3v) is 9.12. The highest BCUT2D eigenvalue weighted by molar-refractivity contribution is 8.00. The third-order valence-electron chi connectivity index (χ3n) is 6.94. The van der Waals surface area contributed by atoms with E-state index in [1.165, 1.54) is 0 Å². The monoisotopic (exact) mass is 492 g/mol. The number of aryl methyl sites for hydroxylation is 1. The molecule has 2 atom stereocenters. The number of hydrogen-bond acceptors (Lipinski definition) is 4. The standard InChI is InChI=1S/C28H29FN2OS2/c1-19-5-3-4-6-25(19)34-26-20(2)17-28(30-27(26)32,22-13-16-33-18-22)21-7-9-24(10-8-21)31-14-11-23(29)12-15-31/h3-10,13,16,18,23,26H,2,11-12,14-15,17H2,1H3,(H,30,32). The highest BCUT2D eigenvalue weighted by atomic mass is 32.2. The summed E-state index contributed by atoms with van der Waals surface area (Å²) >= 11 is 3.21. The highest BCUT2D eigenvalue weighted by Gasteiger charge is 2.44. The number of amides is 1. The van der Waals surface area contributed by atoms with Crippen LogP contribution in [0.5, 0.6) is 0 Å². The number of anilines is 1. The third kappa shape index (κ3) is 4.41. The van der Waals surface area contributed by atoms with Gasteiger partial charge in [-0.25, -0.2) is 4.39 Å². The van der Waals surface area contributed by atoms with Gasteiger partial charge in [0.15, 0.2) is 0 Å². The van der Waals surface area contributed by atoms with Crippen LogP contribution in [0.4, 0.5) is 10.1 Å². The largest absolute Gasteiger partial charge is 0.371 e. The molecule has 6 heteroatoms. The van der Waals surface area contributed by atoms with Crippen molar-refractivity contribution < 1.29 is 9.18 Å². The highest BCUT2D eigenvalue weighted by Crippen LogP contribution is 2.44. The number of benzene rings is 2. The Bertz CT molecular complexity index is 1150. The van der Waals surface area contributed by atoms with E-state index in [9.17, 15) is 9.18 Å². The molecule has 3 nitrogen and oxygen atoms in total. The fourth-order valence-corrected chi connectivity index (χ4v) is 6.79. The summed E-state index contributed by atoms with van der Waals surface area (Å²) in [5, 5.41) is 7.24. The molecule has 5 rings (SSSR count). The number of carbonyl (C=O) groups is 1. The van der Waals surface area contributed by atoms with Gasteiger partial charge in [-0.1, -0.05) is 42.5 Å². The quantitative estimate of drug-likeness (QED) is 0.414. The lowest BCUT2D eigenvalue weighted by molar-refractivity contribution is -0.122. The number of thiophene rings is 1. The zero-order chi connectivity index (χ0) is 23.7. The van der Waals surface area contributed by atoms with E-state index in [4.69, 9.17) is 0 Å². The first-order valence-electron chi connectivity index (χ1n) is 11.7. The lowest BCUT2D eigenvalue weighted by Crippen LogP contribution is -2.54. The van der Waals surface area contributed by atoms with Gasteiger partial charge in [0.1, 0.15) is 11.4 Å². The molecule has 2 saturated heterocycles. The molecule has 2 aromatic carbocycles. The van der Waals surface area contributed by atoms with Crippen LogP contribution in [0.3, 0.4) is 0 Å². The summed E-state index contributed by atoms with van der Waals surface area (Å²) in [5.41, 5.74) is 4.68. The van der Waals surface area contributed by atoms with Crippen LogP contribution in [0.1, 0.15) is 36.0 Å². The molecule has 2 aliphatic rings. The molecular weight excluding hydrogens is 463 g/mol. The number of halogens is 1. The minimum absolute atomic E-state index is 0.00945. The van der Waals surface area contributed by atoms with Crippen molar-refractivity contribution in [2.75, 3.05) is 18.0 Å². The van der Waals surface area contributed by atoms with E-state index < -0.39 is 11.7 Å². The normalized spacial score (nSPS) is 23.7. The van der Waals surface area contributed by atoms with Gasteiger partial charge in [0.25, 0.3) is 0 Å². The SMILES string of the molecule is C=C1CC(c2ccc(N3CCC(F)CC3)cc2)(c2ccsc2)NC(=O)C1Sc1ccccc1C. The fourth-order valence-electron chi connectivity index (χ4n) is 4.98. The molecule has 1 amide bonds. The molecule has 3 heterocycles. The predicted molar refractivity (Wildman–Crippen MR) is 141 cm³/mol. The van der Waals surface area contributed by atoms with Gasteiger partial charge in [-0.2, -0.15) is 11.3 Å². The number of thioether (sulfide) groups is 1. The number of piperidine rings is 2. The Morgan fingerprint density at radius 1 is 1.09 bits per heavy atom. The Morgan fingerprint density at radius 3 is 2.47 bits per heavy atom. The molecule has 2 unspecified atom stereocenters. The second-order valence-electron chi connectivity index (χ2n) is 9.21. The lowest BCUT2D eigenvalue weighted by Gasteiger charge is -2.42. The first-order chi connectivity index (χ1) is 16.5. The molecule has 2 aliphatic heterocycles. The van der Waals surface area contributed by atoms with Crippen LogP contribution in [0.2, 0.25) is 0 Å². The summed E-state index contributed by atoms with van der Waals surface area (Å²) in [6.45, 7) is 7.92. The van der Waals surface area contributed by atoms with Crippen LogP contribution in [0.25, 0.3) is 0 Å². The maximum Gasteiger partial charge on any atom is 0.238 e. The molecule has 0 bridgehead atoms. The number of hydrogen-bond donors (Lipinski definition) is 1. The molecule has 2 fully saturated rings. The van der Waals surface area contributed by atoms with E-state index in [0.29, 0.717) is 19.3 Å². The summed E-state index contributed by atoms with van der Waals surface area (Å²) in [6.07, 6.45) is 1.12. The van der Waals surface area contributed by atoms with Crippen LogP contribution >= 0.6 is 23.1 Å². The topological polar surface area (TPSA) is 32.3 Å². The van der Waals surface area contributed by atoms with Gasteiger partial charge in [-0.05, 0) is 71.5 Å². The average Bonchev–Trinajstić information content (AvgIpc) is 3.39. The van der Waals surface area contributed by atoms with Crippen molar-refractivity contribution in [1.29, 1.82) is 0 Å². The lowest BCUT2D eigenvalue weighted by atomic mass is 9.76. The van der Waals surface area contributed by atoms with Crippen molar-refractivity contribution in [3.05, 3.63) is 94.2 Å². The maximum absolute atomic E-state index is 13.6. The van der Waals surface area contributed by atoms with Gasteiger partial charge in [0.2, 0.25) is 5.91 Å². The van der Waals surface area contributed by atoms with Gasteiger partial charge < -0.3 is 10.2 Å². The van der Waals surface area contributed by atoms with E-state index in [2.05, 4.69) is 76.9 Å². The van der Waals surface area contributed by atoms with E-state index in [1.807, 2.05) is 12.1 Å². The molecule has 0 aliphatic carbocycles. The van der Waals surface area contributed by atoms with Crippen LogP contribution in [-0.2, 0) is 10.3 Å². The van der Waals surface area contributed by atoms with E-state index in [-0.39, 0.29) is 11.2 Å². The average molecular weight is 493 g/mol. The minimum Gasteiger partial charge on any atom is -0.371 e. The number of carbonyl (C=O) groups excluding carboxylic acids is 1. The van der Waals surface area contributed by atoms with Gasteiger partial charge in [-0.15, -0.1) is 11.8 Å². The van der Waals surface area contributed by atoms with E-state index in [0.717, 1.165) is 45.9 Å². The molecule has 0 saturated carbocycles. The minimum atomic E-state index is -0.689. The van der Waals surface area contributed by atoms with Crippen LogP contribution < -0.4 is 10.2 Å². The predicted octanol–water partition coefficient (Wildman–Crippen LogP) is 6.48. The smallest absolute Gasteiger partial charge is 0.238 e. The molecule has 34 heavy (non-hydrogen) atoms. The first-order valence-corrected chi connectivity index (χ1v) is 13.5. The molecule has 0 spiro atoms. The van der Waals surface area contributed by atoms with Crippen molar-refractivity contribution in [2.45, 2.75) is 48.0 Å². The molecule has 1 N–H and O–H groups in total. The van der Waals surface area contributed by atoms with Gasteiger partial charge >= 0.3 is 0 Å². The summed E-state index contributed by atoms with van der Waals surface area (Å²) in [7, 11) is 0. The fraction of sp³-hybridized carbons (Fsp3) is 0.321. The van der Waals surface area contributed by atoms with E-state index >= 15 is 0 Å². The zero-order valence-corrected chi connectivity index (χ0v) is 20.9. The second-order valence-corrected chi connectivity index (χ2v) is 11.1. The summed E-state index contributed by atoms with van der Waals surface area (Å²) in [5.74, 6) is -0.00945. The second kappa shape index (κ2) is 9.59. The molecule has 0 radical (unpaired) electrons. The van der Waals surface area contributed by atoms with Gasteiger partial charge in [0.05, 0.1) is 5.54 Å². The Balaban J connectivity index is 1.43. The molecular formula is C28H29FN2OS2. The Labute approximate surface area is 209 Å². The summed E-state index contributed by atoms with van der Waals surface area (Å²) in [4.78, 5) is 16.9. The zero-order valence-electron chi connectivity index (χ0n) is 19.3. The van der Waals surface area contributed by atoms with Gasteiger partial charge in [-0.3, -0.25) is 4.79 Å². The number of rotatable bonds is 5. The van der Waals surface area contributed by atoms with Gasteiger partial charge in [0, 0.05) is 30.1 Å². The summed E-state index contributed by atoms with van der Waals surface area (Å²) < 4.78 is 13.6. The van der Waals surface area contributed by atoms with Crippen molar-refractivity contribution in [3.8, 4) is 0 Å². The molecule has 3 aromatic rings. The summed E-state index contributed by atoms with van der Waals surface area (Å²) in [6, 6.07) is 18.7. The molecule has 1 aromatic heterocycles. The van der Waals surface area contributed by atoms with Crippen molar-refractivity contribution in [3.63, 3.8) is 0 Å². The molecule has 176 valence electrons. The van der Waals surface area contributed by atoms with Crippen molar-refractivity contribution in [1.82, 2.24) is 5.32 Å². The maximum atomic E-state index is 13.6. The first kappa shape index (κ1) is 23.2. The Kier molecular flexibility index (Phi) is 6.54. The number of nitrogens with one attached hydrogen (secondary N) is 1. The van der Waals surface area contributed by atoms with Crippen LogP contribution in [0.15, 0.2) is 82.4 Å². The van der Waals surface area contributed by atoms with Crippen LogP contribution in [-0.4, -0.2) is 30.4 Å². The van der Waals surface area contributed by atoms with Crippen LogP contribution in [0, 0.1) is 6.92 Å². The Morgan fingerprint density at radius 2 is 1.82 bits per heavy atom. The van der Waals surface area contributed by atoms with Crippen molar-refractivity contribution >= 4 is 34.7 Å². The number of nitrogens with zero attached hydrogens (tertiary/aromatic N) is 1. The van der Waals surface area contributed by atoms with Crippen molar-refractivity contribution in [2.24, 2.45) is 0 Å². The van der Waals surface area contributed by atoms with E-state index in [1.54, 1.807) is 23.1 Å². The Hall–Kier alpha value is -2.57.